The van der Waals surface area contributed by atoms with Crippen molar-refractivity contribution in [1.82, 2.24) is 14.5 Å². The number of nitrogens with zero attached hydrogens (tertiary/aromatic N) is 2. The normalized spacial score (nSPS) is 12.2. The fourth-order valence-corrected chi connectivity index (χ4v) is 1.79. The molecule has 1 amide bonds. The molecule has 1 atom stereocenters. The molecule has 0 saturated heterocycles. The highest BCUT2D eigenvalue weighted by atomic mass is 16.4. The number of nitrogens with one attached hydrogen (secondary N) is 1. The van der Waals surface area contributed by atoms with Gasteiger partial charge in [-0.1, -0.05) is 13.8 Å². The van der Waals surface area contributed by atoms with Gasteiger partial charge in [0.25, 0.3) is 5.56 Å². The van der Waals surface area contributed by atoms with E-state index in [4.69, 9.17) is 5.11 Å². The molecule has 0 fully saturated rings. The van der Waals surface area contributed by atoms with E-state index < -0.39 is 29.2 Å². The largest absolute Gasteiger partial charge is 0.481 e. The van der Waals surface area contributed by atoms with E-state index in [1.807, 2.05) is 0 Å². The molecule has 1 aromatic heterocycles. The Morgan fingerprint density at radius 2 is 1.95 bits per heavy atom. The summed E-state index contributed by atoms with van der Waals surface area (Å²) >= 11 is 0. The zero-order valence-corrected chi connectivity index (χ0v) is 12.2. The molecular weight excluding hydrogens is 278 g/mol. The molecular formula is C13H19N3O5. The van der Waals surface area contributed by atoms with Crippen LogP contribution in [-0.2, 0) is 23.2 Å². The lowest BCUT2D eigenvalue weighted by atomic mass is 10.0. The van der Waals surface area contributed by atoms with Gasteiger partial charge in [-0.25, -0.2) is 4.79 Å². The smallest absolute Gasteiger partial charge is 0.331 e. The minimum Gasteiger partial charge on any atom is -0.481 e. The van der Waals surface area contributed by atoms with Gasteiger partial charge in [-0.3, -0.25) is 23.5 Å². The first-order valence-electron chi connectivity index (χ1n) is 6.50. The molecule has 0 aliphatic heterocycles. The van der Waals surface area contributed by atoms with Crippen LogP contribution in [0.25, 0.3) is 0 Å². The molecule has 116 valence electrons. The van der Waals surface area contributed by atoms with Crippen LogP contribution in [0.2, 0.25) is 0 Å². The van der Waals surface area contributed by atoms with Gasteiger partial charge >= 0.3 is 11.7 Å². The highest BCUT2D eigenvalue weighted by molar-refractivity contribution is 5.77. The Morgan fingerprint density at radius 1 is 1.33 bits per heavy atom. The van der Waals surface area contributed by atoms with Gasteiger partial charge in [-0.2, -0.15) is 0 Å². The molecule has 0 bridgehead atoms. The summed E-state index contributed by atoms with van der Waals surface area (Å²) in [4.78, 5) is 45.7. The van der Waals surface area contributed by atoms with Gasteiger partial charge in [0, 0.05) is 25.4 Å². The van der Waals surface area contributed by atoms with Gasteiger partial charge in [0.1, 0.15) is 6.54 Å². The average Bonchev–Trinajstić information content (AvgIpc) is 2.38. The molecule has 8 nitrogen and oxygen atoms in total. The Morgan fingerprint density at radius 3 is 2.48 bits per heavy atom. The molecule has 1 rings (SSSR count). The van der Waals surface area contributed by atoms with Gasteiger partial charge in [-0.15, -0.1) is 0 Å². The van der Waals surface area contributed by atoms with Crippen molar-refractivity contribution < 1.29 is 14.7 Å². The van der Waals surface area contributed by atoms with E-state index in [2.05, 4.69) is 5.32 Å². The van der Waals surface area contributed by atoms with Crippen molar-refractivity contribution in [1.29, 1.82) is 0 Å². The summed E-state index contributed by atoms with van der Waals surface area (Å²) in [6.07, 6.45) is 1.05. The molecule has 0 aromatic carbocycles. The lowest BCUT2D eigenvalue weighted by Gasteiger charge is -2.20. The van der Waals surface area contributed by atoms with E-state index in [0.29, 0.717) is 0 Å². The number of aromatic nitrogens is 2. The zero-order chi connectivity index (χ0) is 16.2. The van der Waals surface area contributed by atoms with Gasteiger partial charge in [0.2, 0.25) is 5.91 Å². The lowest BCUT2D eigenvalue weighted by Crippen LogP contribution is -2.44. The Kier molecular flexibility index (Phi) is 5.45. The average molecular weight is 297 g/mol. The van der Waals surface area contributed by atoms with Crippen LogP contribution in [0.1, 0.15) is 20.3 Å². The SMILES string of the molecule is CC(C)C(CC(=O)O)NC(=O)Cn1ccc(=O)n(C)c1=O. The van der Waals surface area contributed by atoms with Crippen molar-refractivity contribution in [2.45, 2.75) is 32.9 Å². The second kappa shape index (κ2) is 6.87. The number of amides is 1. The monoisotopic (exact) mass is 297 g/mol. The van der Waals surface area contributed by atoms with E-state index in [-0.39, 0.29) is 18.9 Å². The molecule has 2 N–H and O–H groups in total. The molecule has 1 aromatic rings. The maximum absolute atomic E-state index is 11.9. The summed E-state index contributed by atoms with van der Waals surface area (Å²) < 4.78 is 1.99. The molecule has 0 aliphatic rings. The van der Waals surface area contributed by atoms with E-state index in [1.165, 1.54) is 19.3 Å². The van der Waals surface area contributed by atoms with E-state index >= 15 is 0 Å². The number of carboxylic acids is 1. The molecule has 0 spiro atoms. The standard InChI is InChI=1S/C13H19N3O5/c1-8(2)9(6-12(19)20)14-10(17)7-16-5-4-11(18)15(3)13(16)21/h4-5,8-9H,6-7H2,1-3H3,(H,14,17)(H,19,20). The second-order valence-corrected chi connectivity index (χ2v) is 5.14. The molecule has 1 unspecified atom stereocenters. The summed E-state index contributed by atoms with van der Waals surface area (Å²) in [5, 5.41) is 11.4. The number of aliphatic carboxylic acids is 1. The lowest BCUT2D eigenvalue weighted by molar-refractivity contribution is -0.138. The Hall–Kier alpha value is -2.38. The van der Waals surface area contributed by atoms with E-state index in [0.717, 1.165) is 9.13 Å². The van der Waals surface area contributed by atoms with Crippen LogP contribution in [-0.4, -0.2) is 32.2 Å². The molecule has 0 saturated carbocycles. The van der Waals surface area contributed by atoms with Crippen LogP contribution < -0.4 is 16.6 Å². The van der Waals surface area contributed by atoms with Gasteiger partial charge in [0.05, 0.1) is 6.42 Å². The first-order valence-corrected chi connectivity index (χ1v) is 6.50. The summed E-state index contributed by atoms with van der Waals surface area (Å²) in [7, 11) is 1.32. The minimum atomic E-state index is -1.01. The summed E-state index contributed by atoms with van der Waals surface area (Å²) in [6.45, 7) is 3.33. The molecule has 0 radical (unpaired) electrons. The summed E-state index contributed by atoms with van der Waals surface area (Å²) in [5.41, 5.74) is -1.06. The molecule has 21 heavy (non-hydrogen) atoms. The third kappa shape index (κ3) is 4.59. The second-order valence-electron chi connectivity index (χ2n) is 5.14. The van der Waals surface area contributed by atoms with Crippen molar-refractivity contribution in [2.75, 3.05) is 0 Å². The fraction of sp³-hybridized carbons (Fsp3) is 0.538. The summed E-state index contributed by atoms with van der Waals surface area (Å²) in [5.74, 6) is -1.54. The zero-order valence-electron chi connectivity index (χ0n) is 12.2. The first kappa shape index (κ1) is 16.7. The Bertz CT molecular complexity index is 644. The number of hydrogen-bond donors (Lipinski definition) is 2. The van der Waals surface area contributed by atoms with Crippen LogP contribution in [0.3, 0.4) is 0 Å². The number of carbonyl (C=O) groups excluding carboxylic acids is 1. The molecule has 8 heteroatoms. The topological polar surface area (TPSA) is 110 Å². The van der Waals surface area contributed by atoms with Crippen molar-refractivity contribution in [3.05, 3.63) is 33.1 Å². The third-order valence-corrected chi connectivity index (χ3v) is 3.12. The van der Waals surface area contributed by atoms with Gasteiger partial charge in [0.15, 0.2) is 0 Å². The van der Waals surface area contributed by atoms with Crippen molar-refractivity contribution in [3.63, 3.8) is 0 Å². The predicted molar refractivity (Wildman–Crippen MR) is 75.0 cm³/mol. The van der Waals surface area contributed by atoms with Crippen LogP contribution in [0.4, 0.5) is 0 Å². The van der Waals surface area contributed by atoms with Crippen molar-refractivity contribution >= 4 is 11.9 Å². The minimum absolute atomic E-state index is 0.0538. The maximum Gasteiger partial charge on any atom is 0.331 e. The predicted octanol–water partition coefficient (Wildman–Crippen LogP) is -0.837. The Labute approximate surface area is 121 Å². The third-order valence-electron chi connectivity index (χ3n) is 3.12. The molecule has 1 heterocycles. The first-order chi connectivity index (χ1) is 9.72. The van der Waals surface area contributed by atoms with Crippen molar-refractivity contribution in [2.24, 2.45) is 13.0 Å². The molecule has 0 aliphatic carbocycles. The van der Waals surface area contributed by atoms with Crippen LogP contribution in [0, 0.1) is 5.92 Å². The Balaban J connectivity index is 2.82. The maximum atomic E-state index is 11.9. The number of carboxylic acid groups (broad SMARTS) is 1. The van der Waals surface area contributed by atoms with Crippen LogP contribution in [0.15, 0.2) is 21.9 Å². The van der Waals surface area contributed by atoms with E-state index in [1.54, 1.807) is 13.8 Å². The van der Waals surface area contributed by atoms with Gasteiger partial charge < -0.3 is 10.4 Å². The van der Waals surface area contributed by atoms with E-state index in [9.17, 15) is 19.2 Å². The fourth-order valence-electron chi connectivity index (χ4n) is 1.79. The summed E-state index contributed by atoms with van der Waals surface area (Å²) in [6, 6.07) is 0.671. The highest BCUT2D eigenvalue weighted by Crippen LogP contribution is 2.06. The highest BCUT2D eigenvalue weighted by Gasteiger charge is 2.19. The number of hydrogen-bond acceptors (Lipinski definition) is 4. The van der Waals surface area contributed by atoms with Crippen molar-refractivity contribution in [3.8, 4) is 0 Å². The van der Waals surface area contributed by atoms with Crippen LogP contribution >= 0.6 is 0 Å². The number of carbonyl (C=O) groups is 2. The quantitative estimate of drug-likeness (QED) is 0.711. The van der Waals surface area contributed by atoms with Crippen LogP contribution in [0.5, 0.6) is 0 Å². The number of rotatable bonds is 6. The van der Waals surface area contributed by atoms with Gasteiger partial charge in [-0.05, 0) is 5.92 Å².